The summed E-state index contributed by atoms with van der Waals surface area (Å²) in [6.45, 7) is -0.232. The third kappa shape index (κ3) is 5.78. The van der Waals surface area contributed by atoms with E-state index in [1.807, 2.05) is 6.07 Å². The Hall–Kier alpha value is -2.68. The minimum Gasteiger partial charge on any atom is -0.452 e. The smallest absolute Gasteiger partial charge is 0.331 e. The number of nitriles is 1. The van der Waals surface area contributed by atoms with Crippen molar-refractivity contribution in [2.75, 3.05) is 13.2 Å². The van der Waals surface area contributed by atoms with Crippen LogP contribution in [0.3, 0.4) is 0 Å². The van der Waals surface area contributed by atoms with Gasteiger partial charge in [-0.2, -0.15) is 5.26 Å². The lowest BCUT2D eigenvalue weighted by Crippen LogP contribution is -2.29. The minimum absolute atomic E-state index is 0.187. The predicted octanol–water partition coefficient (Wildman–Crippen LogP) is 1.41. The maximum Gasteiger partial charge on any atom is 0.331 e. The maximum atomic E-state index is 13.2. The molecule has 0 bridgehead atoms. The summed E-state index contributed by atoms with van der Waals surface area (Å²) in [5.41, 5.74) is 0.253. The number of hydrogen-bond acceptors (Lipinski definition) is 4. The molecule has 20 heavy (non-hydrogen) atoms. The molecule has 6 heteroatoms. The van der Waals surface area contributed by atoms with Crippen molar-refractivity contribution in [3.8, 4) is 6.07 Å². The highest BCUT2D eigenvalue weighted by Gasteiger charge is 2.04. The molecule has 0 aromatic heterocycles. The molecule has 0 aliphatic heterocycles. The van der Waals surface area contributed by atoms with Crippen molar-refractivity contribution in [2.45, 2.75) is 6.42 Å². The van der Waals surface area contributed by atoms with Crippen molar-refractivity contribution in [1.82, 2.24) is 5.32 Å². The third-order valence-corrected chi connectivity index (χ3v) is 2.21. The second kappa shape index (κ2) is 8.43. The molecular weight excluding hydrogens is 263 g/mol. The summed E-state index contributed by atoms with van der Waals surface area (Å²) in [4.78, 5) is 22.5. The lowest BCUT2D eigenvalue weighted by molar-refractivity contribution is -0.143. The van der Waals surface area contributed by atoms with E-state index >= 15 is 0 Å². The Morgan fingerprint density at radius 1 is 1.40 bits per heavy atom. The molecule has 0 aliphatic rings. The van der Waals surface area contributed by atoms with E-state index in [1.165, 1.54) is 24.3 Å². The molecule has 0 saturated heterocycles. The summed E-state index contributed by atoms with van der Waals surface area (Å²) >= 11 is 0. The summed E-state index contributed by atoms with van der Waals surface area (Å²) in [5, 5.41) is 10.7. The van der Waals surface area contributed by atoms with E-state index in [4.69, 9.17) is 5.26 Å². The van der Waals surface area contributed by atoms with Crippen LogP contribution in [0.4, 0.5) is 4.39 Å². The van der Waals surface area contributed by atoms with Crippen LogP contribution >= 0.6 is 0 Å². The highest BCUT2D eigenvalue weighted by atomic mass is 19.1. The molecule has 0 radical (unpaired) electrons. The summed E-state index contributed by atoms with van der Waals surface area (Å²) in [7, 11) is 0. The van der Waals surface area contributed by atoms with Gasteiger partial charge in [-0.15, -0.1) is 0 Å². The van der Waals surface area contributed by atoms with Gasteiger partial charge in [0.25, 0.3) is 5.91 Å². The number of halogens is 1. The van der Waals surface area contributed by atoms with E-state index in [1.54, 1.807) is 6.07 Å². The van der Waals surface area contributed by atoms with Crippen molar-refractivity contribution in [1.29, 1.82) is 5.26 Å². The fourth-order valence-corrected chi connectivity index (χ4v) is 1.26. The number of carbonyl (C=O) groups is 2. The van der Waals surface area contributed by atoms with Crippen LogP contribution in [0.15, 0.2) is 30.3 Å². The summed E-state index contributed by atoms with van der Waals surface area (Å²) in [6.07, 6.45) is 2.50. The fraction of sp³-hybridized carbons (Fsp3) is 0.214. The largest absolute Gasteiger partial charge is 0.452 e. The molecule has 1 amide bonds. The zero-order chi connectivity index (χ0) is 14.8. The Morgan fingerprint density at radius 2 is 2.15 bits per heavy atom. The van der Waals surface area contributed by atoms with Crippen LogP contribution in [-0.4, -0.2) is 25.0 Å². The summed E-state index contributed by atoms with van der Waals surface area (Å²) in [6, 6.07) is 7.82. The number of esters is 1. The topological polar surface area (TPSA) is 79.2 Å². The van der Waals surface area contributed by atoms with Crippen molar-refractivity contribution in [2.24, 2.45) is 0 Å². The molecular formula is C14H13FN2O3. The average molecular weight is 276 g/mol. The average Bonchev–Trinajstić information content (AvgIpc) is 2.44. The van der Waals surface area contributed by atoms with E-state index in [-0.39, 0.29) is 18.5 Å². The van der Waals surface area contributed by atoms with Crippen molar-refractivity contribution in [3.05, 3.63) is 41.7 Å². The van der Waals surface area contributed by atoms with Crippen LogP contribution in [0.25, 0.3) is 6.08 Å². The number of rotatable bonds is 6. The first-order valence-corrected chi connectivity index (χ1v) is 5.86. The van der Waals surface area contributed by atoms with Crippen LogP contribution in [0.5, 0.6) is 0 Å². The molecule has 1 aromatic rings. The molecule has 0 fully saturated rings. The Bertz CT molecular complexity index is 550. The predicted molar refractivity (Wildman–Crippen MR) is 69.6 cm³/mol. The van der Waals surface area contributed by atoms with Gasteiger partial charge in [0.05, 0.1) is 12.5 Å². The Morgan fingerprint density at radius 3 is 2.85 bits per heavy atom. The molecule has 0 aliphatic carbocycles. The van der Waals surface area contributed by atoms with Gasteiger partial charge in [-0.25, -0.2) is 9.18 Å². The number of benzene rings is 1. The van der Waals surface area contributed by atoms with E-state index in [0.717, 1.165) is 6.08 Å². The van der Waals surface area contributed by atoms with Crippen molar-refractivity contribution < 1.29 is 18.7 Å². The van der Waals surface area contributed by atoms with Gasteiger partial charge in [0.1, 0.15) is 5.82 Å². The molecule has 104 valence electrons. The summed E-state index contributed by atoms with van der Waals surface area (Å²) < 4.78 is 17.9. The van der Waals surface area contributed by atoms with Gasteiger partial charge >= 0.3 is 5.97 Å². The Kier molecular flexibility index (Phi) is 6.48. The summed E-state index contributed by atoms with van der Waals surface area (Å²) in [5.74, 6) is -1.69. The molecule has 1 aromatic carbocycles. The van der Waals surface area contributed by atoms with Gasteiger partial charge in [0.15, 0.2) is 6.61 Å². The molecule has 1 N–H and O–H groups in total. The molecule has 1 rings (SSSR count). The normalized spacial score (nSPS) is 10.0. The van der Waals surface area contributed by atoms with E-state index in [9.17, 15) is 14.0 Å². The maximum absolute atomic E-state index is 13.2. The van der Waals surface area contributed by atoms with Gasteiger partial charge in [0, 0.05) is 18.2 Å². The highest BCUT2D eigenvalue weighted by Crippen LogP contribution is 2.07. The molecule has 0 atom stereocenters. The zero-order valence-corrected chi connectivity index (χ0v) is 10.6. The standard InChI is InChI=1S/C14H13FN2O3/c15-12-5-2-1-4-11(12)6-7-14(19)20-10-13(18)17-9-3-8-16/h1-2,4-7H,3,9-10H2,(H,17,18)/b7-6+. The number of ether oxygens (including phenoxy) is 1. The van der Waals surface area contributed by atoms with Crippen LogP contribution in [-0.2, 0) is 14.3 Å². The minimum atomic E-state index is -0.747. The third-order valence-electron chi connectivity index (χ3n) is 2.21. The fourth-order valence-electron chi connectivity index (χ4n) is 1.26. The Labute approximate surface area is 115 Å². The zero-order valence-electron chi connectivity index (χ0n) is 10.6. The van der Waals surface area contributed by atoms with Gasteiger partial charge in [0.2, 0.25) is 0 Å². The van der Waals surface area contributed by atoms with Crippen molar-refractivity contribution in [3.63, 3.8) is 0 Å². The highest BCUT2D eigenvalue weighted by molar-refractivity contribution is 5.89. The van der Waals surface area contributed by atoms with Gasteiger partial charge in [-0.05, 0) is 12.1 Å². The quantitative estimate of drug-likeness (QED) is 0.484. The van der Waals surface area contributed by atoms with Gasteiger partial charge in [-0.1, -0.05) is 18.2 Å². The van der Waals surface area contributed by atoms with Gasteiger partial charge < -0.3 is 10.1 Å². The monoisotopic (exact) mass is 276 g/mol. The van der Waals surface area contributed by atoms with E-state index in [0.29, 0.717) is 0 Å². The molecule has 0 spiro atoms. The van der Waals surface area contributed by atoms with Crippen LogP contribution in [0.1, 0.15) is 12.0 Å². The van der Waals surface area contributed by atoms with Gasteiger partial charge in [-0.3, -0.25) is 4.79 Å². The number of carbonyl (C=O) groups excluding carboxylic acids is 2. The van der Waals surface area contributed by atoms with Crippen LogP contribution in [0, 0.1) is 17.1 Å². The lowest BCUT2D eigenvalue weighted by atomic mass is 10.2. The first-order chi connectivity index (χ1) is 9.63. The number of hydrogen-bond donors (Lipinski definition) is 1. The molecule has 0 heterocycles. The molecule has 0 saturated carbocycles. The molecule has 0 unspecified atom stereocenters. The first kappa shape index (κ1) is 15.4. The number of amides is 1. The van der Waals surface area contributed by atoms with Crippen LogP contribution in [0.2, 0.25) is 0 Å². The van der Waals surface area contributed by atoms with Crippen LogP contribution < -0.4 is 5.32 Å². The number of nitrogens with zero attached hydrogens (tertiary/aromatic N) is 1. The van der Waals surface area contributed by atoms with E-state index in [2.05, 4.69) is 10.1 Å². The lowest BCUT2D eigenvalue weighted by Gasteiger charge is -2.02. The van der Waals surface area contributed by atoms with E-state index < -0.39 is 24.3 Å². The molecule has 5 nitrogen and oxygen atoms in total. The first-order valence-electron chi connectivity index (χ1n) is 5.86. The SMILES string of the molecule is N#CCCNC(=O)COC(=O)/C=C/c1ccccc1F. The van der Waals surface area contributed by atoms with Crippen molar-refractivity contribution >= 4 is 18.0 Å². The second-order valence-electron chi connectivity index (χ2n) is 3.72. The second-order valence-corrected chi connectivity index (χ2v) is 3.72. The number of nitrogens with one attached hydrogen (secondary N) is 1. The Balaban J connectivity index is 2.35.